The lowest BCUT2D eigenvalue weighted by Crippen LogP contribution is -2.04. The van der Waals surface area contributed by atoms with Gasteiger partial charge in [-0.3, -0.25) is 0 Å². The predicted molar refractivity (Wildman–Crippen MR) is 68.6 cm³/mol. The third-order valence-corrected chi connectivity index (χ3v) is 2.70. The normalized spacial score (nSPS) is 10.1. The molecule has 4 nitrogen and oxygen atoms in total. The zero-order valence-electron chi connectivity index (χ0n) is 10.4. The largest absolute Gasteiger partial charge is 0.467 e. The van der Waals surface area contributed by atoms with Crippen LogP contribution in [0.15, 0.2) is 41.0 Å². The van der Waals surface area contributed by atoms with Crippen LogP contribution in [0.2, 0.25) is 0 Å². The second-order valence-corrected chi connectivity index (χ2v) is 3.95. The van der Waals surface area contributed by atoms with Gasteiger partial charge in [0.05, 0.1) is 25.5 Å². The summed E-state index contributed by atoms with van der Waals surface area (Å²) < 4.78 is 10.0. The van der Waals surface area contributed by atoms with E-state index in [2.05, 4.69) is 10.1 Å². The minimum absolute atomic E-state index is 0.340. The Kier molecular flexibility index (Phi) is 3.67. The van der Waals surface area contributed by atoms with Gasteiger partial charge in [0.1, 0.15) is 5.76 Å². The van der Waals surface area contributed by atoms with E-state index in [0.717, 1.165) is 17.0 Å². The van der Waals surface area contributed by atoms with E-state index in [-0.39, 0.29) is 5.97 Å². The highest BCUT2D eigenvalue weighted by atomic mass is 16.5. The SMILES string of the molecule is COC(=O)c1cccc(NCc2occc2C)c1. The number of hydrogen-bond donors (Lipinski definition) is 1. The number of ether oxygens (including phenoxy) is 1. The van der Waals surface area contributed by atoms with E-state index in [9.17, 15) is 4.79 Å². The molecule has 1 aromatic carbocycles. The first-order valence-electron chi connectivity index (χ1n) is 5.66. The van der Waals surface area contributed by atoms with Crippen molar-refractivity contribution in [3.05, 3.63) is 53.5 Å². The number of carbonyl (C=O) groups is 1. The smallest absolute Gasteiger partial charge is 0.337 e. The maximum atomic E-state index is 11.4. The first-order valence-corrected chi connectivity index (χ1v) is 5.66. The zero-order chi connectivity index (χ0) is 13.0. The summed E-state index contributed by atoms with van der Waals surface area (Å²) in [6, 6.07) is 9.09. The molecule has 2 rings (SSSR count). The molecule has 18 heavy (non-hydrogen) atoms. The van der Waals surface area contributed by atoms with Crippen LogP contribution in [0.4, 0.5) is 5.69 Å². The number of aryl methyl sites for hydroxylation is 1. The van der Waals surface area contributed by atoms with Crippen LogP contribution in [0.5, 0.6) is 0 Å². The molecular weight excluding hydrogens is 230 g/mol. The number of rotatable bonds is 4. The summed E-state index contributed by atoms with van der Waals surface area (Å²) in [5.41, 5.74) is 2.49. The van der Waals surface area contributed by atoms with Gasteiger partial charge in [0.25, 0.3) is 0 Å². The number of hydrogen-bond acceptors (Lipinski definition) is 4. The van der Waals surface area contributed by atoms with E-state index in [1.807, 2.05) is 25.1 Å². The molecule has 0 unspecified atom stereocenters. The van der Waals surface area contributed by atoms with Crippen LogP contribution < -0.4 is 5.32 Å². The van der Waals surface area contributed by atoms with Crippen LogP contribution in [0.3, 0.4) is 0 Å². The van der Waals surface area contributed by atoms with E-state index < -0.39 is 0 Å². The van der Waals surface area contributed by atoms with Crippen molar-refractivity contribution in [2.45, 2.75) is 13.5 Å². The molecule has 0 aliphatic rings. The predicted octanol–water partition coefficient (Wildman–Crippen LogP) is 2.99. The molecule has 0 radical (unpaired) electrons. The highest BCUT2D eigenvalue weighted by Crippen LogP contribution is 2.15. The fraction of sp³-hybridized carbons (Fsp3) is 0.214. The molecule has 0 bridgehead atoms. The van der Waals surface area contributed by atoms with Crippen LogP contribution in [0, 0.1) is 6.92 Å². The van der Waals surface area contributed by atoms with E-state index in [4.69, 9.17) is 4.42 Å². The molecule has 0 spiro atoms. The molecule has 0 amide bonds. The van der Waals surface area contributed by atoms with Gasteiger partial charge in [-0.15, -0.1) is 0 Å². The molecular formula is C14H15NO3. The van der Waals surface area contributed by atoms with E-state index in [0.29, 0.717) is 12.1 Å². The summed E-state index contributed by atoms with van der Waals surface area (Å²) in [5, 5.41) is 3.21. The number of anilines is 1. The number of esters is 1. The van der Waals surface area contributed by atoms with Crippen LogP contribution >= 0.6 is 0 Å². The van der Waals surface area contributed by atoms with Gasteiger partial charge in [-0.05, 0) is 36.8 Å². The highest BCUT2D eigenvalue weighted by Gasteiger charge is 2.06. The molecule has 1 aromatic heterocycles. The summed E-state index contributed by atoms with van der Waals surface area (Å²) in [5.74, 6) is 0.548. The summed E-state index contributed by atoms with van der Waals surface area (Å²) >= 11 is 0. The molecule has 2 aromatic rings. The summed E-state index contributed by atoms with van der Waals surface area (Å²) in [7, 11) is 1.37. The number of methoxy groups -OCH3 is 1. The van der Waals surface area contributed by atoms with Crippen molar-refractivity contribution in [1.29, 1.82) is 0 Å². The highest BCUT2D eigenvalue weighted by molar-refractivity contribution is 5.90. The zero-order valence-corrected chi connectivity index (χ0v) is 10.4. The minimum Gasteiger partial charge on any atom is -0.467 e. The number of furan rings is 1. The molecule has 1 N–H and O–H groups in total. The van der Waals surface area contributed by atoms with Crippen molar-refractivity contribution in [3.63, 3.8) is 0 Å². The third kappa shape index (κ3) is 2.71. The Hall–Kier alpha value is -2.23. The van der Waals surface area contributed by atoms with Gasteiger partial charge in [0.15, 0.2) is 0 Å². The van der Waals surface area contributed by atoms with E-state index in [1.165, 1.54) is 7.11 Å². The number of carbonyl (C=O) groups excluding carboxylic acids is 1. The number of nitrogens with one attached hydrogen (secondary N) is 1. The molecule has 0 atom stereocenters. The molecule has 0 aliphatic heterocycles. The lowest BCUT2D eigenvalue weighted by atomic mass is 10.2. The van der Waals surface area contributed by atoms with Gasteiger partial charge in [-0.25, -0.2) is 4.79 Å². The molecule has 4 heteroatoms. The summed E-state index contributed by atoms with van der Waals surface area (Å²) in [4.78, 5) is 11.4. The van der Waals surface area contributed by atoms with E-state index >= 15 is 0 Å². The van der Waals surface area contributed by atoms with Crippen molar-refractivity contribution in [1.82, 2.24) is 0 Å². The standard InChI is InChI=1S/C14H15NO3/c1-10-6-7-18-13(10)9-15-12-5-3-4-11(8-12)14(16)17-2/h3-8,15H,9H2,1-2H3. The van der Waals surface area contributed by atoms with Crippen molar-refractivity contribution in [2.75, 3.05) is 12.4 Å². The Morgan fingerprint density at radius 3 is 2.89 bits per heavy atom. The third-order valence-electron chi connectivity index (χ3n) is 2.70. The monoisotopic (exact) mass is 245 g/mol. The first kappa shape index (κ1) is 12.2. The molecule has 0 fully saturated rings. The van der Waals surface area contributed by atoms with Gasteiger partial charge in [0.2, 0.25) is 0 Å². The maximum Gasteiger partial charge on any atom is 0.337 e. The summed E-state index contributed by atoms with van der Waals surface area (Å²) in [6.07, 6.45) is 1.66. The molecule has 0 saturated heterocycles. The van der Waals surface area contributed by atoms with Gasteiger partial charge >= 0.3 is 5.97 Å². The maximum absolute atomic E-state index is 11.4. The minimum atomic E-state index is -0.340. The van der Waals surface area contributed by atoms with Crippen molar-refractivity contribution in [2.24, 2.45) is 0 Å². The molecule has 0 saturated carbocycles. The fourth-order valence-corrected chi connectivity index (χ4v) is 1.64. The van der Waals surface area contributed by atoms with Crippen molar-refractivity contribution >= 4 is 11.7 Å². The van der Waals surface area contributed by atoms with E-state index in [1.54, 1.807) is 18.4 Å². The average molecular weight is 245 g/mol. The molecule has 94 valence electrons. The fourth-order valence-electron chi connectivity index (χ4n) is 1.64. The number of benzene rings is 1. The quantitative estimate of drug-likeness (QED) is 0.841. The Balaban J connectivity index is 2.06. The van der Waals surface area contributed by atoms with Crippen molar-refractivity contribution < 1.29 is 13.9 Å². The summed E-state index contributed by atoms with van der Waals surface area (Å²) in [6.45, 7) is 2.58. The van der Waals surface area contributed by atoms with Crippen LogP contribution in [0.25, 0.3) is 0 Å². The van der Waals surface area contributed by atoms with Gasteiger partial charge < -0.3 is 14.5 Å². The van der Waals surface area contributed by atoms with Crippen LogP contribution in [-0.2, 0) is 11.3 Å². The second kappa shape index (κ2) is 5.40. The molecule has 0 aliphatic carbocycles. The average Bonchev–Trinajstić information content (AvgIpc) is 2.81. The lowest BCUT2D eigenvalue weighted by molar-refractivity contribution is 0.0601. The first-order chi connectivity index (χ1) is 8.70. The van der Waals surface area contributed by atoms with Crippen molar-refractivity contribution in [3.8, 4) is 0 Å². The topological polar surface area (TPSA) is 51.5 Å². The van der Waals surface area contributed by atoms with Crippen LogP contribution in [-0.4, -0.2) is 13.1 Å². The second-order valence-electron chi connectivity index (χ2n) is 3.95. The van der Waals surface area contributed by atoms with Crippen LogP contribution in [0.1, 0.15) is 21.7 Å². The molecule has 1 heterocycles. The van der Waals surface area contributed by atoms with Gasteiger partial charge in [0, 0.05) is 5.69 Å². The van der Waals surface area contributed by atoms with Gasteiger partial charge in [-0.1, -0.05) is 6.07 Å². The Morgan fingerprint density at radius 2 is 2.22 bits per heavy atom. The Bertz CT molecular complexity index is 545. The Morgan fingerprint density at radius 1 is 1.39 bits per heavy atom. The lowest BCUT2D eigenvalue weighted by Gasteiger charge is -2.06. The Labute approximate surface area is 106 Å². The van der Waals surface area contributed by atoms with Gasteiger partial charge in [-0.2, -0.15) is 0 Å².